The Bertz CT molecular complexity index is 327. The third-order valence-corrected chi connectivity index (χ3v) is 3.70. The Morgan fingerprint density at radius 3 is 2.37 bits per heavy atom. The van der Waals surface area contributed by atoms with E-state index in [1.54, 1.807) is 0 Å². The van der Waals surface area contributed by atoms with E-state index in [1.165, 1.54) is 13.0 Å². The van der Waals surface area contributed by atoms with Crippen molar-refractivity contribution < 1.29 is 9.53 Å². The molecule has 2 fully saturated rings. The van der Waals surface area contributed by atoms with Crippen molar-refractivity contribution in [1.29, 1.82) is 0 Å². The van der Waals surface area contributed by atoms with Gasteiger partial charge in [-0.15, -0.1) is 0 Å². The fourth-order valence-corrected chi connectivity index (χ4v) is 2.79. The van der Waals surface area contributed by atoms with Gasteiger partial charge in [0.25, 0.3) is 0 Å². The molecule has 0 aromatic rings. The SMILES string of the molecule is CN1CCC(NC2CCN(C(=O)OC(C)(C)C)C2)C1. The number of likely N-dealkylation sites (tertiary alicyclic amines) is 2. The topological polar surface area (TPSA) is 44.8 Å². The third-order valence-electron chi connectivity index (χ3n) is 3.70. The molecule has 2 unspecified atom stereocenters. The highest BCUT2D eigenvalue weighted by molar-refractivity contribution is 5.68. The average molecular weight is 269 g/mol. The molecular weight excluding hydrogens is 242 g/mol. The first-order valence-electron chi connectivity index (χ1n) is 7.26. The molecule has 5 heteroatoms. The molecule has 5 nitrogen and oxygen atoms in total. The van der Waals surface area contributed by atoms with Gasteiger partial charge in [-0.05, 0) is 47.2 Å². The molecule has 2 aliphatic heterocycles. The van der Waals surface area contributed by atoms with Gasteiger partial charge in [-0.25, -0.2) is 4.79 Å². The molecule has 0 bridgehead atoms. The summed E-state index contributed by atoms with van der Waals surface area (Å²) in [5.74, 6) is 0. The summed E-state index contributed by atoms with van der Waals surface area (Å²) in [7, 11) is 2.16. The molecular formula is C14H27N3O2. The molecule has 0 saturated carbocycles. The Morgan fingerprint density at radius 2 is 1.79 bits per heavy atom. The average Bonchev–Trinajstić information content (AvgIpc) is 2.86. The maximum absolute atomic E-state index is 12.0. The van der Waals surface area contributed by atoms with Gasteiger partial charge in [0.15, 0.2) is 0 Å². The molecule has 110 valence electrons. The van der Waals surface area contributed by atoms with Crippen LogP contribution in [0.3, 0.4) is 0 Å². The number of nitrogens with one attached hydrogen (secondary N) is 1. The highest BCUT2D eigenvalue weighted by atomic mass is 16.6. The lowest BCUT2D eigenvalue weighted by Gasteiger charge is -2.25. The molecule has 2 atom stereocenters. The number of carbonyl (C=O) groups excluding carboxylic acids is 1. The fraction of sp³-hybridized carbons (Fsp3) is 0.929. The summed E-state index contributed by atoms with van der Waals surface area (Å²) >= 11 is 0. The maximum atomic E-state index is 12.0. The van der Waals surface area contributed by atoms with Crippen molar-refractivity contribution in [2.75, 3.05) is 33.2 Å². The van der Waals surface area contributed by atoms with Crippen LogP contribution in [0.1, 0.15) is 33.6 Å². The molecule has 2 saturated heterocycles. The first kappa shape index (κ1) is 14.6. The minimum absolute atomic E-state index is 0.180. The summed E-state index contributed by atoms with van der Waals surface area (Å²) < 4.78 is 5.41. The summed E-state index contributed by atoms with van der Waals surface area (Å²) in [5.41, 5.74) is -0.406. The smallest absolute Gasteiger partial charge is 0.410 e. The Hall–Kier alpha value is -0.810. The number of nitrogens with zero attached hydrogens (tertiary/aromatic N) is 2. The van der Waals surface area contributed by atoms with E-state index in [4.69, 9.17) is 4.74 Å². The molecule has 0 aromatic carbocycles. The van der Waals surface area contributed by atoms with Crippen LogP contribution in [0.15, 0.2) is 0 Å². The molecule has 1 N–H and O–H groups in total. The second-order valence-electron chi connectivity index (χ2n) is 6.83. The van der Waals surface area contributed by atoms with E-state index in [-0.39, 0.29) is 6.09 Å². The molecule has 2 heterocycles. The standard InChI is InChI=1S/C14H27N3O2/c1-14(2,3)19-13(18)17-8-6-12(10-17)15-11-5-7-16(4)9-11/h11-12,15H,5-10H2,1-4H3. The Balaban J connectivity index is 1.75. The van der Waals surface area contributed by atoms with Gasteiger partial charge in [-0.1, -0.05) is 0 Å². The van der Waals surface area contributed by atoms with Crippen LogP contribution in [0.2, 0.25) is 0 Å². The molecule has 2 rings (SSSR count). The molecule has 0 aliphatic carbocycles. The lowest BCUT2D eigenvalue weighted by molar-refractivity contribution is 0.0290. The molecule has 0 spiro atoms. The zero-order valence-corrected chi connectivity index (χ0v) is 12.6. The zero-order chi connectivity index (χ0) is 14.0. The quantitative estimate of drug-likeness (QED) is 0.820. The predicted octanol–water partition coefficient (Wildman–Crippen LogP) is 1.29. The van der Waals surface area contributed by atoms with Crippen molar-refractivity contribution in [2.24, 2.45) is 0 Å². The normalized spacial score (nSPS) is 28.9. The summed E-state index contributed by atoms with van der Waals surface area (Å²) in [6.07, 6.45) is 2.05. The Labute approximate surface area is 116 Å². The van der Waals surface area contributed by atoms with Crippen molar-refractivity contribution >= 4 is 6.09 Å². The molecule has 0 aromatic heterocycles. The number of ether oxygens (including phenoxy) is 1. The maximum Gasteiger partial charge on any atom is 0.410 e. The summed E-state index contributed by atoms with van der Waals surface area (Å²) in [6.45, 7) is 9.58. The van der Waals surface area contributed by atoms with Gasteiger partial charge >= 0.3 is 6.09 Å². The van der Waals surface area contributed by atoms with Crippen molar-refractivity contribution in [1.82, 2.24) is 15.1 Å². The zero-order valence-electron chi connectivity index (χ0n) is 12.6. The third kappa shape index (κ3) is 4.35. The van der Waals surface area contributed by atoms with E-state index in [0.717, 1.165) is 26.1 Å². The Morgan fingerprint density at radius 1 is 1.16 bits per heavy atom. The van der Waals surface area contributed by atoms with Crippen LogP contribution in [0.5, 0.6) is 0 Å². The van der Waals surface area contributed by atoms with Gasteiger partial charge in [0.05, 0.1) is 0 Å². The van der Waals surface area contributed by atoms with Crippen LogP contribution < -0.4 is 5.32 Å². The number of amides is 1. The van der Waals surface area contributed by atoms with Crippen LogP contribution in [0.4, 0.5) is 4.79 Å². The van der Waals surface area contributed by atoms with Gasteiger partial charge in [0.2, 0.25) is 0 Å². The second kappa shape index (κ2) is 5.67. The first-order chi connectivity index (χ1) is 8.83. The van der Waals surface area contributed by atoms with Crippen LogP contribution >= 0.6 is 0 Å². The van der Waals surface area contributed by atoms with Gasteiger partial charge < -0.3 is 19.9 Å². The lowest BCUT2D eigenvalue weighted by Crippen LogP contribution is -2.42. The lowest BCUT2D eigenvalue weighted by atomic mass is 10.2. The first-order valence-corrected chi connectivity index (χ1v) is 7.26. The van der Waals surface area contributed by atoms with Crippen molar-refractivity contribution in [2.45, 2.75) is 51.3 Å². The highest BCUT2D eigenvalue weighted by Crippen LogP contribution is 2.17. The summed E-state index contributed by atoms with van der Waals surface area (Å²) in [4.78, 5) is 16.1. The molecule has 19 heavy (non-hydrogen) atoms. The van der Waals surface area contributed by atoms with Gasteiger partial charge in [0.1, 0.15) is 5.60 Å². The van der Waals surface area contributed by atoms with E-state index in [0.29, 0.717) is 12.1 Å². The number of hydrogen-bond acceptors (Lipinski definition) is 4. The van der Waals surface area contributed by atoms with Gasteiger partial charge in [0, 0.05) is 31.7 Å². The van der Waals surface area contributed by atoms with E-state index in [2.05, 4.69) is 17.3 Å². The van der Waals surface area contributed by atoms with Crippen molar-refractivity contribution in [3.8, 4) is 0 Å². The molecule has 2 aliphatic rings. The van der Waals surface area contributed by atoms with Gasteiger partial charge in [-0.3, -0.25) is 0 Å². The minimum atomic E-state index is -0.406. The number of rotatable bonds is 2. The van der Waals surface area contributed by atoms with Crippen LogP contribution in [0, 0.1) is 0 Å². The van der Waals surface area contributed by atoms with E-state index < -0.39 is 5.60 Å². The van der Waals surface area contributed by atoms with Gasteiger partial charge in [-0.2, -0.15) is 0 Å². The number of hydrogen-bond donors (Lipinski definition) is 1. The second-order valence-corrected chi connectivity index (χ2v) is 6.83. The largest absolute Gasteiger partial charge is 0.444 e. The van der Waals surface area contributed by atoms with Crippen molar-refractivity contribution in [3.05, 3.63) is 0 Å². The highest BCUT2D eigenvalue weighted by Gasteiger charge is 2.31. The monoisotopic (exact) mass is 269 g/mol. The minimum Gasteiger partial charge on any atom is -0.444 e. The van der Waals surface area contributed by atoms with Crippen LogP contribution in [-0.2, 0) is 4.74 Å². The summed E-state index contributed by atoms with van der Waals surface area (Å²) in [5, 5.41) is 3.66. The van der Waals surface area contributed by atoms with E-state index in [9.17, 15) is 4.79 Å². The molecule has 1 amide bonds. The summed E-state index contributed by atoms with van der Waals surface area (Å²) in [6, 6.07) is 0.998. The molecule has 0 radical (unpaired) electrons. The fourth-order valence-electron chi connectivity index (χ4n) is 2.79. The number of likely N-dealkylation sites (N-methyl/N-ethyl adjacent to an activating group) is 1. The van der Waals surface area contributed by atoms with E-state index in [1.807, 2.05) is 25.7 Å². The number of carbonyl (C=O) groups is 1. The van der Waals surface area contributed by atoms with E-state index >= 15 is 0 Å². The van der Waals surface area contributed by atoms with Crippen molar-refractivity contribution in [3.63, 3.8) is 0 Å². The van der Waals surface area contributed by atoms with Crippen LogP contribution in [0.25, 0.3) is 0 Å². The Kier molecular flexibility index (Phi) is 4.36. The van der Waals surface area contributed by atoms with Crippen LogP contribution in [-0.4, -0.2) is 66.8 Å². The predicted molar refractivity (Wildman–Crippen MR) is 75.2 cm³/mol.